The van der Waals surface area contributed by atoms with Crippen LogP contribution in [0.5, 0.6) is 5.75 Å². The first-order chi connectivity index (χ1) is 11.3. The Morgan fingerprint density at radius 3 is 2.46 bits per heavy atom. The van der Waals surface area contributed by atoms with E-state index in [1.54, 1.807) is 18.2 Å². The van der Waals surface area contributed by atoms with Gasteiger partial charge in [-0.3, -0.25) is 4.79 Å². The second-order valence-electron chi connectivity index (χ2n) is 6.30. The predicted octanol–water partition coefficient (Wildman–Crippen LogP) is 3.89. The lowest BCUT2D eigenvalue weighted by atomic mass is 9.86. The van der Waals surface area contributed by atoms with E-state index < -0.39 is 5.97 Å². The standard InChI is InChI=1S/C17H23ClN2O4/c1-10(2)24-15-8-7-13(9-14(15)18)20-17(23)19-12-5-3-11(4-6-12)16(21)22/h7-12H,3-6H2,1-2H3,(H,21,22)(H2,19,20,23). The molecule has 0 radical (unpaired) electrons. The van der Waals surface area contributed by atoms with Gasteiger partial charge in [0, 0.05) is 11.7 Å². The zero-order valence-electron chi connectivity index (χ0n) is 13.8. The van der Waals surface area contributed by atoms with Crippen LogP contribution in [0.1, 0.15) is 39.5 Å². The number of carboxylic acids is 1. The molecule has 1 fully saturated rings. The smallest absolute Gasteiger partial charge is 0.319 e. The Morgan fingerprint density at radius 1 is 1.25 bits per heavy atom. The molecule has 0 aliphatic heterocycles. The fraction of sp³-hybridized carbons (Fsp3) is 0.529. The number of anilines is 1. The van der Waals surface area contributed by atoms with Crippen LogP contribution in [0.15, 0.2) is 18.2 Å². The van der Waals surface area contributed by atoms with Crippen LogP contribution in [0.3, 0.4) is 0 Å². The fourth-order valence-electron chi connectivity index (χ4n) is 2.77. The van der Waals surface area contributed by atoms with Crippen molar-refractivity contribution in [2.75, 3.05) is 5.32 Å². The molecule has 24 heavy (non-hydrogen) atoms. The molecule has 1 aromatic carbocycles. The maximum atomic E-state index is 12.1. The molecule has 2 rings (SSSR count). The molecule has 0 heterocycles. The molecule has 7 heteroatoms. The Balaban J connectivity index is 1.84. The topological polar surface area (TPSA) is 87.7 Å². The summed E-state index contributed by atoms with van der Waals surface area (Å²) in [6.07, 6.45) is 2.55. The molecule has 0 bridgehead atoms. The first kappa shape index (κ1) is 18.4. The number of rotatable bonds is 5. The molecule has 0 spiro atoms. The summed E-state index contributed by atoms with van der Waals surface area (Å²) in [5, 5.41) is 15.0. The molecule has 0 saturated heterocycles. The number of ether oxygens (including phenoxy) is 1. The van der Waals surface area contributed by atoms with E-state index in [1.807, 2.05) is 13.8 Å². The molecule has 1 aliphatic carbocycles. The molecule has 1 aromatic rings. The van der Waals surface area contributed by atoms with Crippen molar-refractivity contribution in [3.05, 3.63) is 23.2 Å². The van der Waals surface area contributed by atoms with Gasteiger partial charge in [-0.1, -0.05) is 11.6 Å². The third-order valence-corrected chi connectivity index (χ3v) is 4.26. The van der Waals surface area contributed by atoms with Gasteiger partial charge in [0.15, 0.2) is 0 Å². The van der Waals surface area contributed by atoms with Gasteiger partial charge in [0.2, 0.25) is 0 Å². The Morgan fingerprint density at radius 2 is 1.92 bits per heavy atom. The molecular weight excluding hydrogens is 332 g/mol. The number of hydrogen-bond donors (Lipinski definition) is 3. The zero-order chi connectivity index (χ0) is 17.7. The SMILES string of the molecule is CC(C)Oc1ccc(NC(=O)NC2CCC(C(=O)O)CC2)cc1Cl. The summed E-state index contributed by atoms with van der Waals surface area (Å²) in [6, 6.07) is 4.77. The highest BCUT2D eigenvalue weighted by Crippen LogP contribution is 2.29. The van der Waals surface area contributed by atoms with Gasteiger partial charge in [-0.05, 0) is 57.7 Å². The number of benzene rings is 1. The molecule has 3 N–H and O–H groups in total. The van der Waals surface area contributed by atoms with Crippen LogP contribution >= 0.6 is 11.6 Å². The number of halogens is 1. The molecule has 1 saturated carbocycles. The summed E-state index contributed by atoms with van der Waals surface area (Å²) in [5.41, 5.74) is 0.577. The van der Waals surface area contributed by atoms with E-state index >= 15 is 0 Å². The lowest BCUT2D eigenvalue weighted by Gasteiger charge is -2.26. The molecule has 6 nitrogen and oxygen atoms in total. The van der Waals surface area contributed by atoms with E-state index in [0.29, 0.717) is 42.1 Å². The van der Waals surface area contributed by atoms with Crippen molar-refractivity contribution < 1.29 is 19.4 Å². The van der Waals surface area contributed by atoms with E-state index in [4.69, 9.17) is 21.4 Å². The highest BCUT2D eigenvalue weighted by molar-refractivity contribution is 6.32. The van der Waals surface area contributed by atoms with Crippen molar-refractivity contribution in [1.29, 1.82) is 0 Å². The highest BCUT2D eigenvalue weighted by atomic mass is 35.5. The first-order valence-electron chi connectivity index (χ1n) is 8.11. The van der Waals surface area contributed by atoms with E-state index in [1.165, 1.54) is 0 Å². The summed E-state index contributed by atoms with van der Waals surface area (Å²) in [6.45, 7) is 3.82. The summed E-state index contributed by atoms with van der Waals surface area (Å²) in [5.74, 6) is -0.473. The van der Waals surface area contributed by atoms with Crippen LogP contribution in [-0.2, 0) is 4.79 Å². The average Bonchev–Trinajstić information content (AvgIpc) is 2.50. The molecule has 0 aromatic heterocycles. The Labute approximate surface area is 146 Å². The van der Waals surface area contributed by atoms with E-state index in [0.717, 1.165) is 0 Å². The molecule has 1 aliphatic rings. The highest BCUT2D eigenvalue weighted by Gasteiger charge is 2.26. The van der Waals surface area contributed by atoms with Crippen LogP contribution in [0.4, 0.5) is 10.5 Å². The molecule has 0 atom stereocenters. The van der Waals surface area contributed by atoms with Gasteiger partial charge in [0.1, 0.15) is 5.75 Å². The minimum Gasteiger partial charge on any atom is -0.489 e. The zero-order valence-corrected chi connectivity index (χ0v) is 14.6. The monoisotopic (exact) mass is 354 g/mol. The lowest BCUT2D eigenvalue weighted by Crippen LogP contribution is -2.40. The van der Waals surface area contributed by atoms with Gasteiger partial charge in [-0.2, -0.15) is 0 Å². The molecule has 0 unspecified atom stereocenters. The average molecular weight is 355 g/mol. The van der Waals surface area contributed by atoms with Gasteiger partial charge in [0.05, 0.1) is 17.0 Å². The van der Waals surface area contributed by atoms with Crippen LogP contribution in [0, 0.1) is 5.92 Å². The minimum absolute atomic E-state index is 0.000352. The van der Waals surface area contributed by atoms with Gasteiger partial charge in [0.25, 0.3) is 0 Å². The maximum Gasteiger partial charge on any atom is 0.319 e. The quantitative estimate of drug-likeness (QED) is 0.748. The lowest BCUT2D eigenvalue weighted by molar-refractivity contribution is -0.142. The van der Waals surface area contributed by atoms with Crippen molar-refractivity contribution in [3.8, 4) is 5.75 Å². The van der Waals surface area contributed by atoms with Gasteiger partial charge < -0.3 is 20.5 Å². The Kier molecular flexibility index (Phi) is 6.31. The van der Waals surface area contributed by atoms with Gasteiger partial charge in [-0.25, -0.2) is 4.79 Å². The summed E-state index contributed by atoms with van der Waals surface area (Å²) in [4.78, 5) is 23.0. The summed E-state index contributed by atoms with van der Waals surface area (Å²) >= 11 is 6.14. The molecule has 2 amide bonds. The second kappa shape index (κ2) is 8.24. The maximum absolute atomic E-state index is 12.1. The number of amides is 2. The summed E-state index contributed by atoms with van der Waals surface area (Å²) in [7, 11) is 0. The van der Waals surface area contributed by atoms with E-state index in [2.05, 4.69) is 10.6 Å². The number of carbonyl (C=O) groups excluding carboxylic acids is 1. The predicted molar refractivity (Wildman–Crippen MR) is 92.8 cm³/mol. The number of aliphatic carboxylic acids is 1. The number of hydrogen-bond acceptors (Lipinski definition) is 3. The van der Waals surface area contributed by atoms with Crippen LogP contribution in [0.25, 0.3) is 0 Å². The van der Waals surface area contributed by atoms with Crippen LogP contribution in [-0.4, -0.2) is 29.3 Å². The Bertz CT molecular complexity index is 598. The largest absolute Gasteiger partial charge is 0.489 e. The number of carbonyl (C=O) groups is 2. The summed E-state index contributed by atoms with van der Waals surface area (Å²) < 4.78 is 5.55. The van der Waals surface area contributed by atoms with Crippen molar-refractivity contribution >= 4 is 29.3 Å². The molecular formula is C17H23ClN2O4. The third kappa shape index (κ3) is 5.30. The number of nitrogens with one attached hydrogen (secondary N) is 2. The minimum atomic E-state index is -0.753. The third-order valence-electron chi connectivity index (χ3n) is 3.96. The first-order valence-corrected chi connectivity index (χ1v) is 8.49. The Hall–Kier alpha value is -1.95. The van der Waals surface area contributed by atoms with Crippen molar-refractivity contribution in [2.24, 2.45) is 5.92 Å². The number of urea groups is 1. The van der Waals surface area contributed by atoms with Crippen molar-refractivity contribution in [1.82, 2.24) is 5.32 Å². The fourth-order valence-corrected chi connectivity index (χ4v) is 2.99. The van der Waals surface area contributed by atoms with E-state index in [9.17, 15) is 9.59 Å². The van der Waals surface area contributed by atoms with Crippen LogP contribution < -0.4 is 15.4 Å². The van der Waals surface area contributed by atoms with Crippen molar-refractivity contribution in [2.45, 2.75) is 51.7 Å². The molecule has 132 valence electrons. The normalized spacial score (nSPS) is 20.5. The van der Waals surface area contributed by atoms with Gasteiger partial charge >= 0.3 is 12.0 Å². The van der Waals surface area contributed by atoms with Crippen molar-refractivity contribution in [3.63, 3.8) is 0 Å². The van der Waals surface area contributed by atoms with Gasteiger partial charge in [-0.15, -0.1) is 0 Å². The van der Waals surface area contributed by atoms with E-state index in [-0.39, 0.29) is 24.1 Å². The van der Waals surface area contributed by atoms with Crippen LogP contribution in [0.2, 0.25) is 5.02 Å². The number of carboxylic acid groups (broad SMARTS) is 1. The second-order valence-corrected chi connectivity index (χ2v) is 6.70.